The molecule has 25 heavy (non-hydrogen) atoms. The Balaban J connectivity index is 1.98. The number of ether oxygens (including phenoxy) is 1. The molecule has 0 heterocycles. The van der Waals surface area contributed by atoms with Crippen LogP contribution in [0.2, 0.25) is 0 Å². The lowest BCUT2D eigenvalue weighted by Crippen LogP contribution is -2.21. The van der Waals surface area contributed by atoms with Crippen molar-refractivity contribution in [2.24, 2.45) is 5.10 Å². The van der Waals surface area contributed by atoms with Crippen molar-refractivity contribution in [1.82, 2.24) is 5.43 Å². The second-order valence-electron chi connectivity index (χ2n) is 5.11. The number of amides is 1. The summed E-state index contributed by atoms with van der Waals surface area (Å²) in [6.45, 7) is 0. The van der Waals surface area contributed by atoms with Crippen LogP contribution in [-0.4, -0.2) is 36.2 Å². The van der Waals surface area contributed by atoms with Crippen LogP contribution >= 0.6 is 11.8 Å². The predicted octanol–water partition coefficient (Wildman–Crippen LogP) is 2.85. The molecule has 0 aliphatic heterocycles. The Morgan fingerprint density at radius 2 is 1.56 bits per heavy atom. The molecule has 0 saturated carbocycles. The van der Waals surface area contributed by atoms with Crippen molar-refractivity contribution in [3.8, 4) is 0 Å². The van der Waals surface area contributed by atoms with E-state index in [9.17, 15) is 9.59 Å². The number of nitrogens with one attached hydrogen (secondary N) is 1. The Labute approximate surface area is 151 Å². The van der Waals surface area contributed by atoms with Crippen LogP contribution in [0.4, 0.5) is 0 Å². The van der Waals surface area contributed by atoms with Gasteiger partial charge in [-0.3, -0.25) is 9.59 Å². The predicted molar refractivity (Wildman–Crippen MR) is 101 cm³/mol. The van der Waals surface area contributed by atoms with Gasteiger partial charge in [-0.1, -0.05) is 60.7 Å². The summed E-state index contributed by atoms with van der Waals surface area (Å²) >= 11 is 1.36. The molecule has 2 rings (SSSR count). The third kappa shape index (κ3) is 6.43. The molecule has 6 heteroatoms. The van der Waals surface area contributed by atoms with E-state index in [0.717, 1.165) is 11.1 Å². The average molecular weight is 356 g/mol. The van der Waals surface area contributed by atoms with Gasteiger partial charge in [0.05, 0.1) is 18.6 Å². The first-order valence-electron chi connectivity index (χ1n) is 7.82. The van der Waals surface area contributed by atoms with Gasteiger partial charge in [-0.2, -0.15) is 5.10 Å². The third-order valence-corrected chi connectivity index (χ3v) is 4.24. The zero-order valence-corrected chi connectivity index (χ0v) is 14.8. The Hall–Kier alpha value is -2.60. The first-order valence-corrected chi connectivity index (χ1v) is 8.98. The summed E-state index contributed by atoms with van der Waals surface area (Å²) in [5.41, 5.74) is 5.16. The molecule has 2 aromatic rings. The van der Waals surface area contributed by atoms with Crippen molar-refractivity contribution in [3.05, 3.63) is 71.8 Å². The lowest BCUT2D eigenvalue weighted by Gasteiger charge is -2.08. The van der Waals surface area contributed by atoms with Crippen LogP contribution in [0.25, 0.3) is 0 Å². The molecule has 1 N–H and O–H groups in total. The Bertz CT molecular complexity index is 676. The smallest absolute Gasteiger partial charge is 0.315 e. The van der Waals surface area contributed by atoms with E-state index < -0.39 is 0 Å². The number of methoxy groups -OCH3 is 1. The number of carbonyl (C=O) groups excluding carboxylic acids is 2. The van der Waals surface area contributed by atoms with Crippen LogP contribution in [0.3, 0.4) is 0 Å². The van der Waals surface area contributed by atoms with Gasteiger partial charge in [-0.15, -0.1) is 11.8 Å². The summed E-state index contributed by atoms with van der Waals surface area (Å²) in [4.78, 5) is 23.0. The van der Waals surface area contributed by atoms with E-state index in [4.69, 9.17) is 0 Å². The molecule has 0 fully saturated rings. The summed E-state index contributed by atoms with van der Waals surface area (Å²) in [7, 11) is 1.35. The van der Waals surface area contributed by atoms with Crippen LogP contribution in [-0.2, 0) is 14.3 Å². The van der Waals surface area contributed by atoms with E-state index in [1.54, 1.807) is 0 Å². The molecule has 130 valence electrons. The average Bonchev–Trinajstić information content (AvgIpc) is 2.67. The van der Waals surface area contributed by atoms with Crippen LogP contribution in [0.1, 0.15) is 17.5 Å². The highest BCUT2D eigenvalue weighted by molar-refractivity contribution is 7.99. The number of hydrogen-bond donors (Lipinski definition) is 1. The lowest BCUT2D eigenvalue weighted by molar-refractivity contribution is -0.137. The number of carbonyl (C=O) groups is 2. The number of benzene rings is 2. The maximum Gasteiger partial charge on any atom is 0.315 e. The highest BCUT2D eigenvalue weighted by Gasteiger charge is 2.08. The molecule has 0 radical (unpaired) electrons. The number of thioether (sulfide) groups is 1. The fraction of sp³-hybridized carbons (Fsp3) is 0.211. The highest BCUT2D eigenvalue weighted by atomic mass is 32.2. The second kappa shape index (κ2) is 10.3. The van der Waals surface area contributed by atoms with Crippen molar-refractivity contribution in [3.63, 3.8) is 0 Å². The van der Waals surface area contributed by atoms with Crippen LogP contribution in [0, 0.1) is 0 Å². The van der Waals surface area contributed by atoms with Crippen LogP contribution < -0.4 is 5.43 Å². The largest absolute Gasteiger partial charge is 0.468 e. The van der Waals surface area contributed by atoms with E-state index in [2.05, 4.69) is 15.3 Å². The molecule has 0 saturated heterocycles. The molecule has 0 atom stereocenters. The summed E-state index contributed by atoms with van der Waals surface area (Å²) in [5.74, 6) is 0.287. The van der Waals surface area contributed by atoms with E-state index >= 15 is 0 Å². The fourth-order valence-electron chi connectivity index (χ4n) is 2.04. The molecule has 1 amide bonds. The maximum atomic E-state index is 12.0. The van der Waals surface area contributed by atoms with Gasteiger partial charge in [0.1, 0.15) is 0 Å². The fourth-order valence-corrected chi connectivity index (χ4v) is 2.80. The van der Waals surface area contributed by atoms with Crippen molar-refractivity contribution >= 4 is 29.4 Å². The quantitative estimate of drug-likeness (QED) is 0.342. The SMILES string of the molecule is COC(=O)CSCCC(=O)NN=C(c1ccccc1)c1ccccc1. The van der Waals surface area contributed by atoms with Crippen molar-refractivity contribution < 1.29 is 14.3 Å². The van der Waals surface area contributed by atoms with Gasteiger partial charge >= 0.3 is 5.97 Å². The number of hydrogen-bond acceptors (Lipinski definition) is 5. The number of hydrazone groups is 1. The minimum atomic E-state index is -0.293. The molecule has 0 aromatic heterocycles. The molecule has 5 nitrogen and oxygen atoms in total. The van der Waals surface area contributed by atoms with Gasteiger partial charge in [0.25, 0.3) is 0 Å². The van der Waals surface area contributed by atoms with Crippen LogP contribution in [0.15, 0.2) is 65.8 Å². The van der Waals surface area contributed by atoms with E-state index in [1.807, 2.05) is 60.7 Å². The van der Waals surface area contributed by atoms with Gasteiger partial charge in [-0.05, 0) is 0 Å². The van der Waals surface area contributed by atoms with Gasteiger partial charge in [0, 0.05) is 23.3 Å². The molecular formula is C19H20N2O3S. The number of esters is 1. The molecule has 0 spiro atoms. The molecule has 0 aliphatic rings. The van der Waals surface area contributed by atoms with Gasteiger partial charge < -0.3 is 4.74 Å². The van der Waals surface area contributed by atoms with Gasteiger partial charge in [-0.25, -0.2) is 5.43 Å². The number of nitrogens with zero attached hydrogens (tertiary/aromatic N) is 1. The lowest BCUT2D eigenvalue weighted by atomic mass is 10.0. The van der Waals surface area contributed by atoms with Crippen molar-refractivity contribution in [1.29, 1.82) is 0 Å². The summed E-state index contributed by atoms with van der Waals surface area (Å²) in [6.07, 6.45) is 0.280. The van der Waals surface area contributed by atoms with Gasteiger partial charge in [0.2, 0.25) is 5.91 Å². The Morgan fingerprint density at radius 1 is 1.00 bits per heavy atom. The maximum absolute atomic E-state index is 12.0. The van der Waals surface area contributed by atoms with E-state index in [0.29, 0.717) is 11.5 Å². The summed E-state index contributed by atoms with van der Waals surface area (Å²) in [6, 6.07) is 19.4. The summed E-state index contributed by atoms with van der Waals surface area (Å²) < 4.78 is 4.55. The Kier molecular flexibility index (Phi) is 7.72. The third-order valence-electron chi connectivity index (χ3n) is 3.31. The zero-order chi connectivity index (χ0) is 17.9. The summed E-state index contributed by atoms with van der Waals surface area (Å²) in [5, 5.41) is 4.31. The molecular weight excluding hydrogens is 336 g/mol. The first kappa shape index (κ1) is 18.7. The second-order valence-corrected chi connectivity index (χ2v) is 6.21. The molecule has 0 aliphatic carbocycles. The first-order chi connectivity index (χ1) is 12.2. The van der Waals surface area contributed by atoms with Gasteiger partial charge in [0.15, 0.2) is 0 Å². The van der Waals surface area contributed by atoms with E-state index in [-0.39, 0.29) is 24.1 Å². The Morgan fingerprint density at radius 3 is 2.08 bits per heavy atom. The van der Waals surface area contributed by atoms with Crippen molar-refractivity contribution in [2.75, 3.05) is 18.6 Å². The standard InChI is InChI=1S/C19H20N2O3S/c1-24-18(23)14-25-13-12-17(22)20-21-19(15-8-4-2-5-9-15)16-10-6-3-7-11-16/h2-11H,12-14H2,1H3,(H,20,22). The minimum Gasteiger partial charge on any atom is -0.468 e. The van der Waals surface area contributed by atoms with Crippen LogP contribution in [0.5, 0.6) is 0 Å². The highest BCUT2D eigenvalue weighted by Crippen LogP contribution is 2.10. The topological polar surface area (TPSA) is 67.8 Å². The normalized spacial score (nSPS) is 9.96. The van der Waals surface area contributed by atoms with E-state index in [1.165, 1.54) is 18.9 Å². The zero-order valence-electron chi connectivity index (χ0n) is 14.0. The monoisotopic (exact) mass is 356 g/mol. The molecule has 2 aromatic carbocycles. The van der Waals surface area contributed by atoms with Crippen molar-refractivity contribution in [2.45, 2.75) is 6.42 Å². The molecule has 0 unspecified atom stereocenters. The minimum absolute atomic E-state index is 0.193. The molecule has 0 bridgehead atoms. The number of rotatable bonds is 8.